The predicted molar refractivity (Wildman–Crippen MR) is 65.8 cm³/mol. The zero-order chi connectivity index (χ0) is 12.5. The third-order valence-corrected chi connectivity index (χ3v) is 2.54. The molecule has 0 aliphatic heterocycles. The van der Waals surface area contributed by atoms with Gasteiger partial charge in [-0.1, -0.05) is 0 Å². The van der Waals surface area contributed by atoms with Crippen molar-refractivity contribution in [3.05, 3.63) is 42.4 Å². The van der Waals surface area contributed by atoms with Crippen LogP contribution in [0.3, 0.4) is 0 Å². The molecule has 0 fully saturated rings. The lowest BCUT2D eigenvalue weighted by molar-refractivity contribution is 0.829. The zero-order valence-corrected chi connectivity index (χ0v) is 9.28. The Balaban J connectivity index is 2.25. The summed E-state index contributed by atoms with van der Waals surface area (Å²) in [7, 11) is 0. The number of hydrogen-bond donors (Lipinski definition) is 1. The van der Waals surface area contributed by atoms with Gasteiger partial charge in [0, 0.05) is 17.3 Å². The number of anilines is 1. The summed E-state index contributed by atoms with van der Waals surface area (Å²) in [5, 5.41) is 14.0. The van der Waals surface area contributed by atoms with Gasteiger partial charge in [-0.25, -0.2) is 9.97 Å². The number of nitriles is 1. The van der Waals surface area contributed by atoms with Crippen molar-refractivity contribution in [3.8, 4) is 12.0 Å². The lowest BCUT2D eigenvalue weighted by Gasteiger charge is -2.01. The van der Waals surface area contributed by atoms with Crippen LogP contribution in [-0.4, -0.2) is 19.7 Å². The number of hydrogen-bond acceptors (Lipinski definition) is 5. The molecule has 0 spiro atoms. The molecule has 0 atom stereocenters. The van der Waals surface area contributed by atoms with E-state index in [1.165, 1.54) is 6.20 Å². The van der Waals surface area contributed by atoms with E-state index in [4.69, 9.17) is 11.0 Å². The summed E-state index contributed by atoms with van der Waals surface area (Å²) in [5.41, 5.74) is 7.50. The van der Waals surface area contributed by atoms with Gasteiger partial charge in [0.15, 0.2) is 0 Å². The van der Waals surface area contributed by atoms with Crippen LogP contribution in [0.4, 0.5) is 5.69 Å². The molecule has 6 heteroatoms. The lowest BCUT2D eigenvalue weighted by Crippen LogP contribution is -2.03. The number of nitrogen functional groups attached to an aromatic ring is 1. The SMILES string of the molecule is N#Cc1ccnc(-n2ncc3ccc(N)cc32)n1. The third kappa shape index (κ3) is 1.55. The summed E-state index contributed by atoms with van der Waals surface area (Å²) < 4.78 is 1.56. The molecule has 1 aromatic carbocycles. The van der Waals surface area contributed by atoms with Crippen LogP contribution in [0.2, 0.25) is 0 Å². The quantitative estimate of drug-likeness (QED) is 0.642. The topological polar surface area (TPSA) is 93.4 Å². The lowest BCUT2D eigenvalue weighted by atomic mass is 10.2. The van der Waals surface area contributed by atoms with Crippen LogP contribution in [0.25, 0.3) is 16.9 Å². The third-order valence-electron chi connectivity index (χ3n) is 2.54. The van der Waals surface area contributed by atoms with E-state index < -0.39 is 0 Å². The van der Waals surface area contributed by atoms with Gasteiger partial charge < -0.3 is 5.73 Å². The van der Waals surface area contributed by atoms with Crippen molar-refractivity contribution < 1.29 is 0 Å². The van der Waals surface area contributed by atoms with Crippen LogP contribution in [-0.2, 0) is 0 Å². The van der Waals surface area contributed by atoms with E-state index in [-0.39, 0.29) is 0 Å². The Morgan fingerprint density at radius 3 is 3.00 bits per heavy atom. The standard InChI is InChI=1S/C12H8N6/c13-6-10-3-4-15-12(17-10)18-11-5-9(14)2-1-8(11)7-16-18/h1-5,7H,14H2. The maximum atomic E-state index is 8.83. The van der Waals surface area contributed by atoms with E-state index in [2.05, 4.69) is 15.1 Å². The predicted octanol–water partition coefficient (Wildman–Crippen LogP) is 1.27. The molecule has 0 aliphatic carbocycles. The molecular weight excluding hydrogens is 228 g/mol. The van der Waals surface area contributed by atoms with Gasteiger partial charge in [0.25, 0.3) is 5.95 Å². The van der Waals surface area contributed by atoms with Gasteiger partial charge >= 0.3 is 0 Å². The molecule has 18 heavy (non-hydrogen) atoms. The molecule has 0 saturated heterocycles. The second-order valence-electron chi connectivity index (χ2n) is 3.73. The molecule has 2 heterocycles. The van der Waals surface area contributed by atoms with Gasteiger partial charge in [0.2, 0.25) is 0 Å². The molecule has 0 radical (unpaired) electrons. The smallest absolute Gasteiger partial charge is 0.252 e. The molecule has 6 nitrogen and oxygen atoms in total. The average Bonchev–Trinajstić information content (AvgIpc) is 2.81. The summed E-state index contributed by atoms with van der Waals surface area (Å²) in [6.45, 7) is 0. The Kier molecular flexibility index (Phi) is 2.17. The highest BCUT2D eigenvalue weighted by Crippen LogP contribution is 2.18. The van der Waals surface area contributed by atoms with Gasteiger partial charge in [-0.15, -0.1) is 0 Å². The second kappa shape index (κ2) is 3.82. The van der Waals surface area contributed by atoms with E-state index in [0.29, 0.717) is 17.3 Å². The highest BCUT2D eigenvalue weighted by molar-refractivity contribution is 5.82. The first-order chi connectivity index (χ1) is 8.78. The molecule has 0 amide bonds. The number of fused-ring (bicyclic) bond motifs is 1. The number of nitrogens with zero attached hydrogens (tertiary/aromatic N) is 5. The first-order valence-corrected chi connectivity index (χ1v) is 5.25. The Hall–Kier alpha value is -2.94. The van der Waals surface area contributed by atoms with Crippen molar-refractivity contribution in [3.63, 3.8) is 0 Å². The number of aromatic nitrogens is 4. The van der Waals surface area contributed by atoms with E-state index >= 15 is 0 Å². The largest absolute Gasteiger partial charge is 0.399 e. The van der Waals surface area contributed by atoms with Crippen LogP contribution in [0, 0.1) is 11.3 Å². The molecule has 3 aromatic rings. The summed E-state index contributed by atoms with van der Waals surface area (Å²) in [5.74, 6) is 0.356. The van der Waals surface area contributed by atoms with Crippen molar-refractivity contribution in [2.75, 3.05) is 5.73 Å². The van der Waals surface area contributed by atoms with Gasteiger partial charge in [-0.05, 0) is 24.3 Å². The van der Waals surface area contributed by atoms with Crippen molar-refractivity contribution in [2.24, 2.45) is 0 Å². The van der Waals surface area contributed by atoms with Crippen molar-refractivity contribution in [1.29, 1.82) is 5.26 Å². The Labute approximate surface area is 102 Å². The number of nitrogens with two attached hydrogens (primary N) is 1. The molecule has 0 unspecified atom stereocenters. The normalized spacial score (nSPS) is 10.4. The highest BCUT2D eigenvalue weighted by atomic mass is 15.3. The second-order valence-corrected chi connectivity index (χ2v) is 3.73. The zero-order valence-electron chi connectivity index (χ0n) is 9.28. The number of rotatable bonds is 1. The average molecular weight is 236 g/mol. The fraction of sp³-hybridized carbons (Fsp3) is 0. The molecule has 3 rings (SSSR count). The Morgan fingerprint density at radius 2 is 2.17 bits per heavy atom. The maximum absolute atomic E-state index is 8.83. The fourth-order valence-corrected chi connectivity index (χ4v) is 1.71. The first kappa shape index (κ1) is 10.2. The Morgan fingerprint density at radius 1 is 1.28 bits per heavy atom. The van der Waals surface area contributed by atoms with Crippen LogP contribution in [0.5, 0.6) is 0 Å². The van der Waals surface area contributed by atoms with E-state index in [1.54, 1.807) is 29.1 Å². The van der Waals surface area contributed by atoms with E-state index in [9.17, 15) is 0 Å². The monoisotopic (exact) mass is 236 g/mol. The Bertz CT molecular complexity index is 768. The van der Waals surface area contributed by atoms with E-state index in [1.807, 2.05) is 12.1 Å². The molecule has 2 N–H and O–H groups in total. The first-order valence-electron chi connectivity index (χ1n) is 5.25. The van der Waals surface area contributed by atoms with Crippen LogP contribution >= 0.6 is 0 Å². The summed E-state index contributed by atoms with van der Waals surface area (Å²) in [6, 6.07) is 9.00. The van der Waals surface area contributed by atoms with Crippen molar-refractivity contribution in [1.82, 2.24) is 19.7 Å². The van der Waals surface area contributed by atoms with Crippen molar-refractivity contribution in [2.45, 2.75) is 0 Å². The summed E-state index contributed by atoms with van der Waals surface area (Å²) in [6.07, 6.45) is 3.23. The minimum absolute atomic E-state index is 0.299. The summed E-state index contributed by atoms with van der Waals surface area (Å²) >= 11 is 0. The highest BCUT2D eigenvalue weighted by Gasteiger charge is 2.08. The minimum Gasteiger partial charge on any atom is -0.399 e. The van der Waals surface area contributed by atoms with Crippen LogP contribution in [0.1, 0.15) is 5.69 Å². The minimum atomic E-state index is 0.299. The molecular formula is C12H8N6. The maximum Gasteiger partial charge on any atom is 0.252 e. The van der Waals surface area contributed by atoms with Crippen molar-refractivity contribution >= 4 is 16.6 Å². The summed E-state index contributed by atoms with van der Waals surface area (Å²) in [4.78, 5) is 8.21. The molecule has 0 aliphatic rings. The van der Waals surface area contributed by atoms with Gasteiger partial charge in [-0.2, -0.15) is 15.0 Å². The molecule has 0 saturated carbocycles. The molecule has 2 aromatic heterocycles. The van der Waals surface area contributed by atoms with Gasteiger partial charge in [0.1, 0.15) is 11.8 Å². The fourth-order valence-electron chi connectivity index (χ4n) is 1.71. The van der Waals surface area contributed by atoms with E-state index in [0.717, 1.165) is 10.9 Å². The van der Waals surface area contributed by atoms with Gasteiger partial charge in [-0.3, -0.25) is 0 Å². The number of benzene rings is 1. The molecule has 86 valence electrons. The molecule has 0 bridgehead atoms. The van der Waals surface area contributed by atoms with Gasteiger partial charge in [0.05, 0.1) is 11.7 Å². The van der Waals surface area contributed by atoms with Crippen LogP contribution < -0.4 is 5.73 Å². The van der Waals surface area contributed by atoms with Crippen LogP contribution in [0.15, 0.2) is 36.7 Å².